The van der Waals surface area contributed by atoms with Crippen LogP contribution in [0.4, 0.5) is 10.1 Å². The van der Waals surface area contributed by atoms with Crippen LogP contribution in [0.25, 0.3) is 33.7 Å². The highest BCUT2D eigenvalue weighted by atomic mass is 19.1. The van der Waals surface area contributed by atoms with Gasteiger partial charge < -0.3 is 10.1 Å². The van der Waals surface area contributed by atoms with Gasteiger partial charge in [-0.2, -0.15) is 5.10 Å². The van der Waals surface area contributed by atoms with Gasteiger partial charge in [-0.1, -0.05) is 0 Å². The van der Waals surface area contributed by atoms with Crippen molar-refractivity contribution in [1.82, 2.24) is 24.3 Å². The van der Waals surface area contributed by atoms with E-state index >= 15 is 0 Å². The first-order valence-corrected chi connectivity index (χ1v) is 10.1. The predicted molar refractivity (Wildman–Crippen MR) is 122 cm³/mol. The van der Waals surface area contributed by atoms with Gasteiger partial charge in [0, 0.05) is 36.6 Å². The molecule has 0 unspecified atom stereocenters. The van der Waals surface area contributed by atoms with E-state index in [4.69, 9.17) is 4.74 Å². The van der Waals surface area contributed by atoms with Crippen molar-refractivity contribution in [3.8, 4) is 28.3 Å². The van der Waals surface area contributed by atoms with Crippen LogP contribution >= 0.6 is 0 Å². The molecule has 0 fully saturated rings. The summed E-state index contributed by atoms with van der Waals surface area (Å²) in [6.45, 7) is 1.42. The number of amides is 1. The zero-order valence-electron chi connectivity index (χ0n) is 17.9. The lowest BCUT2D eigenvalue weighted by molar-refractivity contribution is -0.114. The number of ether oxygens (including phenoxy) is 1. The number of aromatic nitrogens is 5. The van der Waals surface area contributed by atoms with E-state index in [1.165, 1.54) is 20.1 Å². The number of imidazole rings is 1. The molecule has 0 saturated heterocycles. The summed E-state index contributed by atoms with van der Waals surface area (Å²) in [6, 6.07) is 13.7. The van der Waals surface area contributed by atoms with Gasteiger partial charge in [0.05, 0.1) is 24.7 Å². The molecule has 5 rings (SSSR count). The first-order chi connectivity index (χ1) is 16.0. The Morgan fingerprint density at radius 2 is 1.97 bits per heavy atom. The van der Waals surface area contributed by atoms with Crippen LogP contribution in [0, 0.1) is 5.82 Å². The predicted octanol–water partition coefficient (Wildman–Crippen LogP) is 4.38. The maximum Gasteiger partial charge on any atom is 0.221 e. The van der Waals surface area contributed by atoms with Crippen molar-refractivity contribution in [3.05, 3.63) is 79.3 Å². The Bertz CT molecular complexity index is 1480. The molecule has 0 saturated carbocycles. The Morgan fingerprint density at radius 1 is 1.09 bits per heavy atom. The van der Waals surface area contributed by atoms with Crippen molar-refractivity contribution < 1.29 is 13.9 Å². The first kappa shape index (κ1) is 20.4. The van der Waals surface area contributed by atoms with E-state index in [2.05, 4.69) is 20.4 Å². The highest BCUT2D eigenvalue weighted by Gasteiger charge is 2.14. The summed E-state index contributed by atoms with van der Waals surface area (Å²) >= 11 is 0. The van der Waals surface area contributed by atoms with Gasteiger partial charge in [0.1, 0.15) is 23.4 Å². The van der Waals surface area contributed by atoms with Crippen LogP contribution in [-0.2, 0) is 4.79 Å². The molecule has 1 N–H and O–H groups in total. The SMILES string of the molecule is COc1ccc(-c2cc(NC(C)=O)cc(-n3cnc4cc(-n5cccn5)cnc43)c2)c(F)c1. The Morgan fingerprint density at radius 3 is 2.70 bits per heavy atom. The number of nitrogens with zero attached hydrogens (tertiary/aromatic N) is 5. The van der Waals surface area contributed by atoms with Gasteiger partial charge in [-0.3, -0.25) is 9.36 Å². The fourth-order valence-electron chi connectivity index (χ4n) is 3.66. The van der Waals surface area contributed by atoms with Crippen molar-refractivity contribution >= 4 is 22.8 Å². The average molecular weight is 442 g/mol. The molecule has 0 atom stereocenters. The Kier molecular flexibility index (Phi) is 5.06. The minimum atomic E-state index is -0.433. The summed E-state index contributed by atoms with van der Waals surface area (Å²) in [5, 5.41) is 7.00. The normalized spacial score (nSPS) is 11.0. The van der Waals surface area contributed by atoms with E-state index in [-0.39, 0.29) is 5.91 Å². The van der Waals surface area contributed by atoms with Gasteiger partial charge in [0.2, 0.25) is 5.91 Å². The van der Waals surface area contributed by atoms with Crippen molar-refractivity contribution in [3.63, 3.8) is 0 Å². The van der Waals surface area contributed by atoms with Gasteiger partial charge in [0.15, 0.2) is 5.65 Å². The first-order valence-electron chi connectivity index (χ1n) is 10.1. The third kappa shape index (κ3) is 3.91. The highest BCUT2D eigenvalue weighted by molar-refractivity contribution is 5.90. The van der Waals surface area contributed by atoms with Crippen molar-refractivity contribution in [2.24, 2.45) is 0 Å². The van der Waals surface area contributed by atoms with Crippen LogP contribution in [0.2, 0.25) is 0 Å². The summed E-state index contributed by atoms with van der Waals surface area (Å²) in [5.74, 6) is -0.240. The second kappa shape index (κ2) is 8.19. The maximum atomic E-state index is 14.8. The summed E-state index contributed by atoms with van der Waals surface area (Å²) in [5.41, 5.74) is 4.24. The van der Waals surface area contributed by atoms with Crippen LogP contribution in [0.3, 0.4) is 0 Å². The number of carbonyl (C=O) groups excluding carboxylic acids is 1. The van der Waals surface area contributed by atoms with E-state index in [0.29, 0.717) is 39.4 Å². The lowest BCUT2D eigenvalue weighted by atomic mass is 10.0. The summed E-state index contributed by atoms with van der Waals surface area (Å²) < 4.78 is 23.4. The molecule has 9 heteroatoms. The van der Waals surface area contributed by atoms with E-state index < -0.39 is 5.82 Å². The topological polar surface area (TPSA) is 86.9 Å². The molecular weight excluding hydrogens is 423 g/mol. The summed E-state index contributed by atoms with van der Waals surface area (Å²) in [4.78, 5) is 20.8. The molecule has 0 aliphatic carbocycles. The average Bonchev–Trinajstić information content (AvgIpc) is 3.48. The smallest absolute Gasteiger partial charge is 0.221 e. The molecular formula is C24H19FN6O2. The van der Waals surface area contributed by atoms with E-state index in [0.717, 1.165) is 5.69 Å². The van der Waals surface area contributed by atoms with Crippen LogP contribution in [0.1, 0.15) is 6.92 Å². The van der Waals surface area contributed by atoms with Gasteiger partial charge in [-0.15, -0.1) is 0 Å². The van der Waals surface area contributed by atoms with Crippen LogP contribution in [0.15, 0.2) is 73.4 Å². The molecule has 0 aliphatic rings. The molecule has 3 heterocycles. The van der Waals surface area contributed by atoms with Crippen LogP contribution in [0.5, 0.6) is 5.75 Å². The standard InChI is InChI=1S/C24H19FN6O2/c1-15(32)29-17-8-16(21-5-4-20(33-2)12-22(21)25)9-18(10-17)30-14-27-23-11-19(13-26-24(23)30)31-7-3-6-28-31/h3-14H,1-2H3,(H,29,32). The number of methoxy groups -OCH3 is 1. The van der Waals surface area contributed by atoms with Crippen LogP contribution < -0.4 is 10.1 Å². The summed E-state index contributed by atoms with van der Waals surface area (Å²) in [6.07, 6.45) is 6.86. The molecule has 0 aliphatic heterocycles. The quantitative estimate of drug-likeness (QED) is 0.437. The number of pyridine rings is 1. The Hall–Kier alpha value is -4.53. The third-order valence-electron chi connectivity index (χ3n) is 5.15. The van der Waals surface area contributed by atoms with E-state index in [1.54, 1.807) is 52.2 Å². The fraction of sp³-hybridized carbons (Fsp3) is 0.0833. The van der Waals surface area contributed by atoms with E-state index in [1.807, 2.05) is 24.4 Å². The van der Waals surface area contributed by atoms with Gasteiger partial charge >= 0.3 is 0 Å². The molecule has 5 aromatic rings. The van der Waals surface area contributed by atoms with E-state index in [9.17, 15) is 9.18 Å². The zero-order chi connectivity index (χ0) is 22.9. The lowest BCUT2D eigenvalue weighted by Gasteiger charge is -2.13. The second-order valence-corrected chi connectivity index (χ2v) is 7.40. The number of hydrogen-bond acceptors (Lipinski definition) is 5. The number of nitrogens with one attached hydrogen (secondary N) is 1. The van der Waals surface area contributed by atoms with Crippen molar-refractivity contribution in [2.45, 2.75) is 6.92 Å². The second-order valence-electron chi connectivity index (χ2n) is 7.40. The number of rotatable bonds is 5. The van der Waals surface area contributed by atoms with Crippen molar-refractivity contribution in [1.29, 1.82) is 0 Å². The highest BCUT2D eigenvalue weighted by Crippen LogP contribution is 2.31. The number of halogens is 1. The molecule has 0 radical (unpaired) electrons. The number of fused-ring (bicyclic) bond motifs is 1. The molecule has 0 bridgehead atoms. The number of benzene rings is 2. The molecule has 164 valence electrons. The number of hydrogen-bond donors (Lipinski definition) is 1. The molecule has 2 aromatic carbocycles. The fourth-order valence-corrected chi connectivity index (χ4v) is 3.66. The Labute approximate surface area is 188 Å². The molecule has 0 spiro atoms. The molecule has 33 heavy (non-hydrogen) atoms. The third-order valence-corrected chi connectivity index (χ3v) is 5.15. The molecule has 3 aromatic heterocycles. The number of anilines is 1. The van der Waals surface area contributed by atoms with Gasteiger partial charge in [-0.25, -0.2) is 19.0 Å². The molecule has 8 nitrogen and oxygen atoms in total. The summed E-state index contributed by atoms with van der Waals surface area (Å²) in [7, 11) is 1.49. The largest absolute Gasteiger partial charge is 0.497 e. The number of carbonyl (C=O) groups is 1. The zero-order valence-corrected chi connectivity index (χ0v) is 17.9. The van der Waals surface area contributed by atoms with Gasteiger partial charge in [-0.05, 0) is 48.0 Å². The Balaban J connectivity index is 1.64. The minimum Gasteiger partial charge on any atom is -0.497 e. The lowest BCUT2D eigenvalue weighted by Crippen LogP contribution is -2.07. The minimum absolute atomic E-state index is 0.231. The monoisotopic (exact) mass is 442 g/mol. The van der Waals surface area contributed by atoms with Crippen molar-refractivity contribution in [2.75, 3.05) is 12.4 Å². The van der Waals surface area contributed by atoms with Crippen LogP contribution in [-0.4, -0.2) is 37.3 Å². The molecule has 1 amide bonds. The van der Waals surface area contributed by atoms with Gasteiger partial charge in [0.25, 0.3) is 0 Å². The maximum absolute atomic E-state index is 14.8.